The molecule has 0 aliphatic rings. The van der Waals surface area contributed by atoms with E-state index in [-0.39, 0.29) is 24.5 Å². The van der Waals surface area contributed by atoms with Crippen LogP contribution in [0.4, 0.5) is 0 Å². The molecule has 0 spiro atoms. The zero-order valence-corrected chi connectivity index (χ0v) is 14.0. The molecular weight excluding hydrogens is 352 g/mol. The minimum atomic E-state index is -0.635. The molecule has 4 aromatic rings. The van der Waals surface area contributed by atoms with Gasteiger partial charge in [0.15, 0.2) is 5.76 Å². The Hall–Kier alpha value is -3.81. The zero-order chi connectivity index (χ0) is 18.6. The largest absolute Gasteiger partial charge is 0.461 e. The zero-order valence-electron chi connectivity index (χ0n) is 14.0. The molecule has 8 nitrogen and oxygen atoms in total. The van der Waals surface area contributed by atoms with Crippen molar-refractivity contribution in [2.24, 2.45) is 0 Å². The molecule has 0 atom stereocenters. The van der Waals surface area contributed by atoms with Crippen LogP contribution in [-0.4, -0.2) is 15.7 Å². The normalized spacial score (nSPS) is 10.8. The Kier molecular flexibility index (Phi) is 4.44. The van der Waals surface area contributed by atoms with Crippen molar-refractivity contribution >= 4 is 5.97 Å². The fraction of sp³-hybridized carbons (Fsp3) is 0.105. The number of rotatable bonds is 6. The van der Waals surface area contributed by atoms with Gasteiger partial charge in [0.1, 0.15) is 18.1 Å². The number of hydrogen-bond donors (Lipinski definition) is 0. The van der Waals surface area contributed by atoms with Crippen molar-refractivity contribution in [2.45, 2.75) is 13.2 Å². The average Bonchev–Trinajstić information content (AvgIpc) is 3.43. The number of carbonyl (C=O) groups excluding carboxylic acids is 1. The Bertz CT molecular complexity index is 1100. The monoisotopic (exact) mass is 366 g/mol. The first-order chi connectivity index (χ1) is 13.2. The molecule has 4 aromatic heterocycles. The molecular formula is C19H14N2O6. The highest BCUT2D eigenvalue weighted by atomic mass is 16.5. The quantitative estimate of drug-likeness (QED) is 0.483. The first kappa shape index (κ1) is 16.6. The second-order valence-electron chi connectivity index (χ2n) is 5.67. The summed E-state index contributed by atoms with van der Waals surface area (Å²) in [4.78, 5) is 23.8. The molecule has 0 N–H and O–H groups in total. The van der Waals surface area contributed by atoms with Gasteiger partial charge in [-0.3, -0.25) is 4.79 Å². The molecule has 0 saturated carbocycles. The summed E-state index contributed by atoms with van der Waals surface area (Å²) in [6.07, 6.45) is 3.17. The number of pyridine rings is 1. The smallest absolute Gasteiger partial charge is 0.374 e. The van der Waals surface area contributed by atoms with E-state index in [9.17, 15) is 9.59 Å². The minimum Gasteiger partial charge on any atom is -0.461 e. The Balaban J connectivity index is 1.37. The highest BCUT2D eigenvalue weighted by Gasteiger charge is 2.15. The second-order valence-corrected chi connectivity index (χ2v) is 5.67. The number of hydrogen-bond acceptors (Lipinski definition) is 7. The van der Waals surface area contributed by atoms with Crippen LogP contribution < -0.4 is 5.56 Å². The third-order valence-corrected chi connectivity index (χ3v) is 3.76. The lowest BCUT2D eigenvalue weighted by Crippen LogP contribution is -2.17. The summed E-state index contributed by atoms with van der Waals surface area (Å²) in [6.45, 7) is 0.153. The van der Waals surface area contributed by atoms with Crippen molar-refractivity contribution in [3.63, 3.8) is 0 Å². The molecule has 136 valence electrons. The van der Waals surface area contributed by atoms with Gasteiger partial charge in [-0.2, -0.15) is 0 Å². The number of furan rings is 2. The van der Waals surface area contributed by atoms with E-state index in [0.717, 1.165) is 0 Å². The van der Waals surface area contributed by atoms with Crippen LogP contribution in [0, 0.1) is 0 Å². The summed E-state index contributed by atoms with van der Waals surface area (Å²) in [5, 5.41) is 3.83. The molecule has 0 aliphatic heterocycles. The van der Waals surface area contributed by atoms with Crippen LogP contribution in [0.3, 0.4) is 0 Å². The van der Waals surface area contributed by atoms with Crippen LogP contribution in [0.15, 0.2) is 79.1 Å². The maximum Gasteiger partial charge on any atom is 0.374 e. The van der Waals surface area contributed by atoms with E-state index in [1.54, 1.807) is 42.6 Å². The number of nitrogens with zero attached hydrogens (tertiary/aromatic N) is 2. The van der Waals surface area contributed by atoms with E-state index >= 15 is 0 Å². The Morgan fingerprint density at radius 2 is 2.04 bits per heavy atom. The van der Waals surface area contributed by atoms with Gasteiger partial charge in [-0.25, -0.2) is 4.79 Å². The summed E-state index contributed by atoms with van der Waals surface area (Å²) in [7, 11) is 0. The van der Waals surface area contributed by atoms with Gasteiger partial charge in [-0.1, -0.05) is 11.2 Å². The molecule has 27 heavy (non-hydrogen) atoms. The molecule has 8 heteroatoms. The van der Waals surface area contributed by atoms with Crippen LogP contribution in [0.25, 0.3) is 11.5 Å². The molecule has 4 rings (SSSR count). The van der Waals surface area contributed by atoms with Gasteiger partial charge in [-0.05, 0) is 30.3 Å². The Labute approximate surface area is 152 Å². The van der Waals surface area contributed by atoms with Crippen molar-refractivity contribution in [1.29, 1.82) is 0 Å². The highest BCUT2D eigenvalue weighted by Crippen LogP contribution is 2.21. The van der Waals surface area contributed by atoms with Gasteiger partial charge in [0.25, 0.3) is 5.56 Å². The highest BCUT2D eigenvalue weighted by molar-refractivity contribution is 5.86. The lowest BCUT2D eigenvalue weighted by Gasteiger charge is -2.02. The molecule has 0 radical (unpaired) electrons. The van der Waals surface area contributed by atoms with Gasteiger partial charge >= 0.3 is 5.97 Å². The third-order valence-electron chi connectivity index (χ3n) is 3.76. The summed E-state index contributed by atoms with van der Waals surface area (Å²) < 4.78 is 22.5. The van der Waals surface area contributed by atoms with Crippen LogP contribution in [0.2, 0.25) is 0 Å². The van der Waals surface area contributed by atoms with E-state index in [2.05, 4.69) is 5.16 Å². The van der Waals surface area contributed by atoms with Gasteiger partial charge < -0.3 is 22.7 Å². The Morgan fingerprint density at radius 1 is 1.11 bits per heavy atom. The molecule has 0 fully saturated rings. The predicted octanol–water partition coefficient (Wildman–Crippen LogP) is 3.09. The topological polar surface area (TPSA) is 101 Å². The third kappa shape index (κ3) is 3.74. The van der Waals surface area contributed by atoms with Gasteiger partial charge in [0.05, 0.1) is 12.8 Å². The molecule has 0 aromatic carbocycles. The fourth-order valence-electron chi connectivity index (χ4n) is 2.46. The molecule has 0 unspecified atom stereocenters. The van der Waals surface area contributed by atoms with Gasteiger partial charge in [0, 0.05) is 18.3 Å². The van der Waals surface area contributed by atoms with Crippen molar-refractivity contribution in [3.8, 4) is 11.5 Å². The van der Waals surface area contributed by atoms with E-state index in [4.69, 9.17) is 18.1 Å². The van der Waals surface area contributed by atoms with Gasteiger partial charge in [-0.15, -0.1) is 0 Å². The molecule has 0 bridgehead atoms. The van der Waals surface area contributed by atoms with E-state index in [0.29, 0.717) is 23.0 Å². The standard InChI is InChI=1S/C19H14N2O6/c22-18-5-1-2-8-21(18)11-14-6-7-16(26-14)19(23)25-12-13-10-17(27-20-13)15-4-3-9-24-15/h1-10H,11-12H2. The molecule has 0 saturated heterocycles. The van der Waals surface area contributed by atoms with Crippen LogP contribution in [-0.2, 0) is 17.9 Å². The fourth-order valence-corrected chi connectivity index (χ4v) is 2.46. The summed E-state index contributed by atoms with van der Waals surface area (Å²) in [5.74, 6) is 0.858. The maximum absolute atomic E-state index is 12.1. The molecule has 4 heterocycles. The second kappa shape index (κ2) is 7.20. The number of aromatic nitrogens is 2. The lowest BCUT2D eigenvalue weighted by atomic mass is 10.3. The van der Waals surface area contributed by atoms with Crippen molar-refractivity contribution in [1.82, 2.24) is 9.72 Å². The average molecular weight is 366 g/mol. The summed E-state index contributed by atoms with van der Waals surface area (Å²) in [6, 6.07) is 13.1. The maximum atomic E-state index is 12.1. The van der Waals surface area contributed by atoms with E-state index in [1.165, 1.54) is 23.0 Å². The summed E-state index contributed by atoms with van der Waals surface area (Å²) in [5.41, 5.74) is 0.286. The minimum absolute atomic E-state index is 0.0451. The number of carbonyl (C=O) groups is 1. The summed E-state index contributed by atoms with van der Waals surface area (Å²) >= 11 is 0. The van der Waals surface area contributed by atoms with Crippen LogP contribution in [0.5, 0.6) is 0 Å². The first-order valence-electron chi connectivity index (χ1n) is 8.10. The van der Waals surface area contributed by atoms with Crippen LogP contribution >= 0.6 is 0 Å². The van der Waals surface area contributed by atoms with E-state index < -0.39 is 5.97 Å². The SMILES string of the molecule is O=C(OCc1cc(-c2ccco2)on1)c1ccc(Cn2ccccc2=O)o1. The van der Waals surface area contributed by atoms with Crippen molar-refractivity contribution < 1.29 is 22.9 Å². The lowest BCUT2D eigenvalue weighted by molar-refractivity contribution is 0.0425. The van der Waals surface area contributed by atoms with Crippen LogP contribution in [0.1, 0.15) is 22.0 Å². The van der Waals surface area contributed by atoms with Crippen molar-refractivity contribution in [2.75, 3.05) is 0 Å². The Morgan fingerprint density at radius 3 is 2.85 bits per heavy atom. The molecule has 0 amide bonds. The van der Waals surface area contributed by atoms with E-state index in [1.807, 2.05) is 0 Å². The molecule has 0 aliphatic carbocycles. The van der Waals surface area contributed by atoms with Crippen molar-refractivity contribution in [3.05, 3.63) is 88.6 Å². The number of esters is 1. The predicted molar refractivity (Wildman–Crippen MR) is 91.8 cm³/mol. The van der Waals surface area contributed by atoms with Gasteiger partial charge in [0.2, 0.25) is 11.5 Å². The first-order valence-corrected chi connectivity index (χ1v) is 8.10. The number of ether oxygens (including phenoxy) is 1.